The number of nitrogens with one attached hydrogen (secondary N) is 1. The van der Waals surface area contributed by atoms with Gasteiger partial charge in [0, 0.05) is 16.9 Å². The molecule has 0 atom stereocenters. The fourth-order valence-electron chi connectivity index (χ4n) is 7.48. The van der Waals surface area contributed by atoms with E-state index in [1.165, 1.54) is 70.2 Å². The monoisotopic (exact) mass is 541 g/mol. The van der Waals surface area contributed by atoms with Gasteiger partial charge < -0.3 is 5.32 Å². The van der Waals surface area contributed by atoms with Gasteiger partial charge in [-0.1, -0.05) is 122 Å². The molecular formula is C40H47N. The van der Waals surface area contributed by atoms with Gasteiger partial charge in [-0.2, -0.15) is 0 Å². The molecular weight excluding hydrogens is 494 g/mol. The van der Waals surface area contributed by atoms with Crippen molar-refractivity contribution >= 4 is 11.4 Å². The van der Waals surface area contributed by atoms with Crippen molar-refractivity contribution in [1.82, 2.24) is 0 Å². The average molecular weight is 542 g/mol. The molecule has 1 nitrogen and oxygen atoms in total. The van der Waals surface area contributed by atoms with Crippen molar-refractivity contribution in [2.45, 2.75) is 103 Å². The summed E-state index contributed by atoms with van der Waals surface area (Å²) in [4.78, 5) is 0. The molecule has 0 saturated heterocycles. The van der Waals surface area contributed by atoms with E-state index >= 15 is 0 Å². The van der Waals surface area contributed by atoms with Gasteiger partial charge in [0.15, 0.2) is 0 Å². The minimum atomic E-state index is 0.142. The summed E-state index contributed by atoms with van der Waals surface area (Å²) in [6.45, 7) is 19.3. The lowest BCUT2D eigenvalue weighted by molar-refractivity contribution is 0.332. The molecule has 41 heavy (non-hydrogen) atoms. The molecule has 0 bridgehead atoms. The number of fused-ring (bicyclic) bond motifs is 2. The Morgan fingerprint density at radius 2 is 1.05 bits per heavy atom. The maximum atomic E-state index is 3.83. The third-order valence-electron chi connectivity index (χ3n) is 10.4. The van der Waals surface area contributed by atoms with Gasteiger partial charge in [0.05, 0.1) is 0 Å². The van der Waals surface area contributed by atoms with Gasteiger partial charge in [0.2, 0.25) is 0 Å². The van der Waals surface area contributed by atoms with Crippen LogP contribution in [0.2, 0.25) is 0 Å². The fourth-order valence-corrected chi connectivity index (χ4v) is 7.48. The summed E-state index contributed by atoms with van der Waals surface area (Å²) in [7, 11) is 0. The molecule has 1 heteroatoms. The average Bonchev–Trinajstić information content (AvgIpc) is 2.94. The molecule has 1 N–H and O–H groups in total. The van der Waals surface area contributed by atoms with Gasteiger partial charge in [0.1, 0.15) is 0 Å². The van der Waals surface area contributed by atoms with E-state index in [-0.39, 0.29) is 21.7 Å². The van der Waals surface area contributed by atoms with Crippen molar-refractivity contribution < 1.29 is 0 Å². The lowest BCUT2D eigenvalue weighted by atomic mass is 9.61. The number of para-hydroxylation sites is 1. The Morgan fingerprint density at radius 1 is 0.463 bits per heavy atom. The predicted octanol–water partition coefficient (Wildman–Crippen LogP) is 11.5. The second kappa shape index (κ2) is 9.62. The van der Waals surface area contributed by atoms with E-state index in [1.54, 1.807) is 0 Å². The molecule has 0 fully saturated rings. The van der Waals surface area contributed by atoms with E-state index < -0.39 is 0 Å². The molecule has 0 aromatic heterocycles. The third-order valence-corrected chi connectivity index (χ3v) is 10.4. The molecule has 0 saturated carbocycles. The first kappa shape index (κ1) is 27.8. The first-order valence-corrected chi connectivity index (χ1v) is 15.5. The second-order valence-corrected chi connectivity index (χ2v) is 15.3. The molecule has 0 radical (unpaired) electrons. The molecule has 6 rings (SSSR count). The summed E-state index contributed by atoms with van der Waals surface area (Å²) in [5, 5.41) is 3.83. The molecule has 2 aliphatic rings. The first-order chi connectivity index (χ1) is 19.3. The zero-order chi connectivity index (χ0) is 29.2. The molecule has 0 spiro atoms. The Hall–Kier alpha value is -3.32. The minimum Gasteiger partial charge on any atom is -0.355 e. The summed E-state index contributed by atoms with van der Waals surface area (Å²) >= 11 is 0. The van der Waals surface area contributed by atoms with E-state index in [9.17, 15) is 0 Å². The van der Waals surface area contributed by atoms with Crippen LogP contribution in [0, 0.1) is 0 Å². The van der Waals surface area contributed by atoms with Crippen LogP contribution in [0.1, 0.15) is 103 Å². The number of rotatable bonds is 4. The highest BCUT2D eigenvalue weighted by Crippen LogP contribution is 2.50. The van der Waals surface area contributed by atoms with Crippen LogP contribution in [0.3, 0.4) is 0 Å². The fraction of sp³-hybridized carbons (Fsp3) is 0.400. The number of anilines is 2. The maximum absolute atomic E-state index is 3.83. The number of hydrogen-bond acceptors (Lipinski definition) is 1. The highest BCUT2D eigenvalue weighted by atomic mass is 14.9. The van der Waals surface area contributed by atoms with Crippen molar-refractivity contribution in [1.29, 1.82) is 0 Å². The molecule has 212 valence electrons. The van der Waals surface area contributed by atoms with E-state index in [1.807, 2.05) is 0 Å². The molecule has 0 amide bonds. The summed E-state index contributed by atoms with van der Waals surface area (Å²) in [5.74, 6) is 0. The maximum Gasteiger partial charge on any atom is 0.0464 e. The van der Waals surface area contributed by atoms with Crippen molar-refractivity contribution in [2.24, 2.45) is 0 Å². The van der Waals surface area contributed by atoms with E-state index in [2.05, 4.69) is 146 Å². The molecule has 4 aromatic rings. The van der Waals surface area contributed by atoms with Gasteiger partial charge in [-0.3, -0.25) is 0 Å². The van der Waals surface area contributed by atoms with E-state index in [4.69, 9.17) is 0 Å². The molecule has 0 aliphatic heterocycles. The molecule has 4 aromatic carbocycles. The van der Waals surface area contributed by atoms with E-state index in [0.717, 1.165) is 11.4 Å². The second-order valence-electron chi connectivity index (χ2n) is 15.3. The standard InChI is InChI=1S/C40H47N/c1-37(2)21-22-39(5,6)34-26-28(19-20-32(34)37)27-13-11-14-29(25-27)41-35-18-10-9-15-30(35)31-16-12-17-33-36(31)40(7,8)24-23-38(33,3)4/h9-20,25-26,41H,21-24H2,1-8H3. The summed E-state index contributed by atoms with van der Waals surface area (Å²) in [5.41, 5.74) is 14.3. The summed E-state index contributed by atoms with van der Waals surface area (Å²) in [6, 6.07) is 31.9. The van der Waals surface area contributed by atoms with Gasteiger partial charge in [0.25, 0.3) is 0 Å². The lowest BCUT2D eigenvalue weighted by Crippen LogP contribution is -2.34. The zero-order valence-corrected chi connectivity index (χ0v) is 26.4. The van der Waals surface area contributed by atoms with Crippen LogP contribution in [0.4, 0.5) is 11.4 Å². The van der Waals surface area contributed by atoms with E-state index in [0.29, 0.717) is 0 Å². The van der Waals surface area contributed by atoms with Crippen molar-refractivity contribution in [2.75, 3.05) is 5.32 Å². The van der Waals surface area contributed by atoms with Crippen LogP contribution in [0.5, 0.6) is 0 Å². The number of hydrogen-bond donors (Lipinski definition) is 1. The van der Waals surface area contributed by atoms with Crippen LogP contribution in [-0.2, 0) is 21.7 Å². The van der Waals surface area contributed by atoms with Crippen molar-refractivity contribution in [3.8, 4) is 22.3 Å². The highest BCUT2D eigenvalue weighted by molar-refractivity contribution is 5.85. The zero-order valence-electron chi connectivity index (χ0n) is 26.4. The Kier molecular flexibility index (Phi) is 6.53. The van der Waals surface area contributed by atoms with Gasteiger partial charge >= 0.3 is 0 Å². The Morgan fingerprint density at radius 3 is 1.80 bits per heavy atom. The van der Waals surface area contributed by atoms with Crippen molar-refractivity contribution in [3.63, 3.8) is 0 Å². The topological polar surface area (TPSA) is 12.0 Å². The van der Waals surface area contributed by atoms with Crippen LogP contribution >= 0.6 is 0 Å². The van der Waals surface area contributed by atoms with Gasteiger partial charge in [-0.15, -0.1) is 0 Å². The minimum absolute atomic E-state index is 0.142. The Labute approximate surface area is 248 Å². The van der Waals surface area contributed by atoms with Crippen molar-refractivity contribution in [3.05, 3.63) is 107 Å². The SMILES string of the molecule is CC1(C)CCC(C)(C)c2cc(-c3cccc(Nc4ccccc4-c4cccc5c4C(C)(C)CCC5(C)C)c3)ccc21. The Balaban J connectivity index is 1.39. The molecule has 2 aliphatic carbocycles. The quantitative estimate of drug-likeness (QED) is 0.271. The predicted molar refractivity (Wildman–Crippen MR) is 178 cm³/mol. The Bertz CT molecular complexity index is 1610. The number of benzene rings is 4. The summed E-state index contributed by atoms with van der Waals surface area (Å²) < 4.78 is 0. The van der Waals surface area contributed by atoms with Gasteiger partial charge in [-0.25, -0.2) is 0 Å². The lowest BCUT2D eigenvalue weighted by Gasteiger charge is -2.43. The largest absolute Gasteiger partial charge is 0.355 e. The summed E-state index contributed by atoms with van der Waals surface area (Å²) in [6.07, 6.45) is 4.90. The smallest absolute Gasteiger partial charge is 0.0464 e. The molecule has 0 heterocycles. The first-order valence-electron chi connectivity index (χ1n) is 15.5. The highest BCUT2D eigenvalue weighted by Gasteiger charge is 2.39. The normalized spacial score (nSPS) is 19.6. The van der Waals surface area contributed by atoms with Crippen LogP contribution in [-0.4, -0.2) is 0 Å². The van der Waals surface area contributed by atoms with Crippen LogP contribution < -0.4 is 5.32 Å². The van der Waals surface area contributed by atoms with Crippen LogP contribution in [0.15, 0.2) is 84.9 Å². The van der Waals surface area contributed by atoms with Crippen LogP contribution in [0.25, 0.3) is 22.3 Å². The van der Waals surface area contributed by atoms with Gasteiger partial charge in [-0.05, 0) is 104 Å². The third kappa shape index (κ3) is 4.92. The molecule has 0 unspecified atom stereocenters.